The zero-order valence-electron chi connectivity index (χ0n) is 20.4. The minimum atomic E-state index is -0.568. The molecule has 7 nitrogen and oxygen atoms in total. The van der Waals surface area contributed by atoms with Crippen LogP contribution in [-0.4, -0.2) is 49.4 Å². The minimum absolute atomic E-state index is 0.0314. The van der Waals surface area contributed by atoms with Crippen molar-refractivity contribution in [2.24, 2.45) is 0 Å². The Hall–Kier alpha value is -3.87. The Balaban J connectivity index is 1.47. The second-order valence-corrected chi connectivity index (χ2v) is 8.65. The van der Waals surface area contributed by atoms with Crippen molar-refractivity contribution in [1.29, 1.82) is 0 Å². The fraction of sp³-hybridized carbons (Fsp3) is 0.321. The van der Waals surface area contributed by atoms with E-state index in [1.165, 1.54) is 0 Å². The maximum absolute atomic E-state index is 13.4. The van der Waals surface area contributed by atoms with Crippen molar-refractivity contribution in [3.63, 3.8) is 0 Å². The van der Waals surface area contributed by atoms with E-state index in [1.54, 1.807) is 24.0 Å². The normalized spacial score (nSPS) is 13.1. The van der Waals surface area contributed by atoms with Crippen LogP contribution in [-0.2, 0) is 16.1 Å². The fourth-order valence-corrected chi connectivity index (χ4v) is 4.75. The molecular weight excluding hydrogens is 442 g/mol. The van der Waals surface area contributed by atoms with Gasteiger partial charge in [-0.1, -0.05) is 43.3 Å². The van der Waals surface area contributed by atoms with Crippen molar-refractivity contribution >= 4 is 34.2 Å². The zero-order valence-corrected chi connectivity index (χ0v) is 20.4. The van der Waals surface area contributed by atoms with Gasteiger partial charge in [0.05, 0.1) is 12.8 Å². The van der Waals surface area contributed by atoms with Crippen LogP contribution >= 0.6 is 0 Å². The molecule has 0 radical (unpaired) electrons. The summed E-state index contributed by atoms with van der Waals surface area (Å²) in [6.07, 6.45) is 1.24. The predicted octanol–water partition coefficient (Wildman–Crippen LogP) is 4.14. The van der Waals surface area contributed by atoms with Crippen LogP contribution in [0.3, 0.4) is 0 Å². The van der Waals surface area contributed by atoms with Gasteiger partial charge in [0.1, 0.15) is 11.8 Å². The highest BCUT2D eigenvalue weighted by Crippen LogP contribution is 2.37. The Morgan fingerprint density at radius 3 is 2.43 bits per heavy atom. The van der Waals surface area contributed by atoms with E-state index in [0.717, 1.165) is 27.8 Å². The van der Waals surface area contributed by atoms with Crippen LogP contribution in [0.2, 0.25) is 0 Å². The molecule has 1 aliphatic rings. The molecule has 0 saturated carbocycles. The van der Waals surface area contributed by atoms with Gasteiger partial charge in [-0.3, -0.25) is 14.4 Å². The topological polar surface area (TPSA) is 79.0 Å². The largest absolute Gasteiger partial charge is 0.497 e. The summed E-state index contributed by atoms with van der Waals surface area (Å²) in [5.74, 6) is 0.400. The van der Waals surface area contributed by atoms with E-state index in [2.05, 4.69) is 5.32 Å². The summed E-state index contributed by atoms with van der Waals surface area (Å²) in [7, 11) is 3.19. The second-order valence-electron chi connectivity index (χ2n) is 8.65. The first-order valence-corrected chi connectivity index (χ1v) is 12.0. The number of benzene rings is 3. The van der Waals surface area contributed by atoms with Crippen LogP contribution in [0, 0.1) is 0 Å². The summed E-state index contributed by atoms with van der Waals surface area (Å²) in [5.41, 5.74) is 2.51. The van der Waals surface area contributed by atoms with Crippen LogP contribution < -0.4 is 15.0 Å². The number of amides is 3. The molecule has 7 heteroatoms. The molecule has 1 heterocycles. The molecule has 35 heavy (non-hydrogen) atoms. The van der Waals surface area contributed by atoms with Gasteiger partial charge in [0, 0.05) is 37.5 Å². The number of nitrogens with zero attached hydrogens (tertiary/aromatic N) is 2. The van der Waals surface area contributed by atoms with Gasteiger partial charge in [0.15, 0.2) is 0 Å². The molecule has 1 aliphatic heterocycles. The highest BCUT2D eigenvalue weighted by Gasteiger charge is 2.31. The predicted molar refractivity (Wildman–Crippen MR) is 137 cm³/mol. The number of carbonyl (C=O) groups is 3. The molecule has 1 atom stereocenters. The molecule has 4 rings (SSSR count). The monoisotopic (exact) mass is 473 g/mol. The summed E-state index contributed by atoms with van der Waals surface area (Å²) in [5, 5.41) is 4.68. The van der Waals surface area contributed by atoms with Crippen molar-refractivity contribution < 1.29 is 19.1 Å². The number of anilines is 1. The van der Waals surface area contributed by atoms with Crippen LogP contribution in [0.15, 0.2) is 60.7 Å². The number of hydrogen-bond donors (Lipinski definition) is 1. The summed E-state index contributed by atoms with van der Waals surface area (Å²) >= 11 is 0. The smallest absolute Gasteiger partial charge is 0.258 e. The number of carbonyl (C=O) groups excluding carboxylic acids is 3. The number of likely N-dealkylation sites (N-methyl/N-ethyl adjacent to an activating group) is 1. The van der Waals surface area contributed by atoms with E-state index >= 15 is 0 Å². The molecular formula is C28H31N3O4. The van der Waals surface area contributed by atoms with Gasteiger partial charge >= 0.3 is 0 Å². The first kappa shape index (κ1) is 24.3. The lowest BCUT2D eigenvalue weighted by Crippen LogP contribution is -2.48. The van der Waals surface area contributed by atoms with E-state index in [4.69, 9.17) is 4.74 Å². The Morgan fingerprint density at radius 2 is 1.77 bits per heavy atom. The lowest BCUT2D eigenvalue weighted by Gasteiger charge is -2.30. The number of nitrogens with one attached hydrogen (secondary N) is 1. The Bertz CT molecular complexity index is 1230. The van der Waals surface area contributed by atoms with Gasteiger partial charge in [-0.25, -0.2) is 0 Å². The molecule has 3 amide bonds. The molecule has 1 N–H and O–H groups in total. The minimum Gasteiger partial charge on any atom is -0.497 e. The molecule has 0 saturated heterocycles. The standard InChI is InChI=1S/C28H31N3O4/c1-4-23(27(33)29-2)31(18-19-13-15-21(35-3)16-14-19)25(32)12-7-17-30-24-11-6-9-20-8-5-10-22(26(20)24)28(30)34/h5-6,8-11,13-16,23H,4,7,12,17-18H2,1-3H3,(H,29,33). The quantitative estimate of drug-likeness (QED) is 0.480. The van der Waals surface area contributed by atoms with Crippen LogP contribution in [0.4, 0.5) is 5.69 Å². The molecule has 1 unspecified atom stereocenters. The SMILES string of the molecule is CCC(C(=O)NC)N(Cc1ccc(OC)cc1)C(=O)CCCN1C(=O)c2cccc3cccc1c23. The average molecular weight is 474 g/mol. The number of ether oxygens (including phenoxy) is 1. The van der Waals surface area contributed by atoms with Gasteiger partial charge in [0.25, 0.3) is 5.91 Å². The van der Waals surface area contributed by atoms with Crippen LogP contribution in [0.5, 0.6) is 5.75 Å². The molecule has 0 fully saturated rings. The van der Waals surface area contributed by atoms with E-state index in [0.29, 0.717) is 31.5 Å². The maximum Gasteiger partial charge on any atom is 0.258 e. The first-order valence-electron chi connectivity index (χ1n) is 12.0. The molecule has 0 bridgehead atoms. The van der Waals surface area contributed by atoms with Crippen LogP contribution in [0.25, 0.3) is 10.8 Å². The van der Waals surface area contributed by atoms with Crippen molar-refractivity contribution in [2.45, 2.75) is 38.8 Å². The Kier molecular flexibility index (Phi) is 7.34. The van der Waals surface area contributed by atoms with Crippen molar-refractivity contribution in [2.75, 3.05) is 25.6 Å². The Morgan fingerprint density at radius 1 is 1.06 bits per heavy atom. The number of methoxy groups -OCH3 is 1. The fourth-order valence-electron chi connectivity index (χ4n) is 4.75. The van der Waals surface area contributed by atoms with Crippen LogP contribution in [0.1, 0.15) is 42.1 Å². The second kappa shape index (κ2) is 10.6. The highest BCUT2D eigenvalue weighted by molar-refractivity contribution is 6.25. The van der Waals surface area contributed by atoms with Gasteiger partial charge in [0.2, 0.25) is 11.8 Å². The molecule has 3 aromatic carbocycles. The lowest BCUT2D eigenvalue weighted by molar-refractivity contribution is -0.141. The third-order valence-corrected chi connectivity index (χ3v) is 6.57. The van der Waals surface area contributed by atoms with Gasteiger partial charge < -0.3 is 19.9 Å². The average Bonchev–Trinajstić information content (AvgIpc) is 3.16. The maximum atomic E-state index is 13.4. The highest BCUT2D eigenvalue weighted by atomic mass is 16.5. The molecule has 3 aromatic rings. The summed E-state index contributed by atoms with van der Waals surface area (Å²) in [4.78, 5) is 42.4. The summed E-state index contributed by atoms with van der Waals surface area (Å²) in [6, 6.07) is 18.6. The number of hydrogen-bond acceptors (Lipinski definition) is 4. The third-order valence-electron chi connectivity index (χ3n) is 6.57. The van der Waals surface area contributed by atoms with E-state index in [1.807, 2.05) is 67.6 Å². The Labute approximate surface area is 205 Å². The van der Waals surface area contributed by atoms with Crippen molar-refractivity contribution in [3.05, 3.63) is 71.8 Å². The van der Waals surface area contributed by atoms with Crippen molar-refractivity contribution in [1.82, 2.24) is 10.2 Å². The lowest BCUT2D eigenvalue weighted by atomic mass is 10.1. The molecule has 0 aliphatic carbocycles. The summed E-state index contributed by atoms with van der Waals surface area (Å²) < 4.78 is 5.22. The van der Waals surface area contributed by atoms with Gasteiger partial charge in [-0.15, -0.1) is 0 Å². The third kappa shape index (κ3) is 4.85. The molecule has 0 spiro atoms. The summed E-state index contributed by atoms with van der Waals surface area (Å²) in [6.45, 7) is 2.66. The zero-order chi connectivity index (χ0) is 24.9. The van der Waals surface area contributed by atoms with Gasteiger partial charge in [-0.2, -0.15) is 0 Å². The van der Waals surface area contributed by atoms with E-state index in [9.17, 15) is 14.4 Å². The molecule has 182 valence electrons. The van der Waals surface area contributed by atoms with Crippen molar-refractivity contribution in [3.8, 4) is 5.75 Å². The molecule has 0 aromatic heterocycles. The number of rotatable bonds is 10. The van der Waals surface area contributed by atoms with E-state index in [-0.39, 0.29) is 24.1 Å². The first-order chi connectivity index (χ1) is 17.0. The van der Waals surface area contributed by atoms with Gasteiger partial charge in [-0.05, 0) is 48.1 Å². The van der Waals surface area contributed by atoms with E-state index < -0.39 is 6.04 Å².